The van der Waals surface area contributed by atoms with Gasteiger partial charge < -0.3 is 20.4 Å². The number of benzene rings is 1. The molecule has 0 atom stereocenters. The average molecular weight is 318 g/mol. The number of carbonyl (C=O) groups is 2. The van der Waals surface area contributed by atoms with Crippen LogP contribution in [0.2, 0.25) is 0 Å². The Bertz CT molecular complexity index is 578. The van der Waals surface area contributed by atoms with Crippen molar-refractivity contribution in [2.24, 2.45) is 0 Å². The van der Waals surface area contributed by atoms with Gasteiger partial charge in [0.1, 0.15) is 0 Å². The van der Waals surface area contributed by atoms with E-state index in [9.17, 15) is 9.59 Å². The van der Waals surface area contributed by atoms with Gasteiger partial charge in [-0.2, -0.15) is 0 Å². The molecule has 0 bridgehead atoms. The minimum atomic E-state index is -0.214. The maximum Gasteiger partial charge on any atom is 0.321 e. The van der Waals surface area contributed by atoms with Crippen LogP contribution < -0.4 is 15.5 Å². The van der Waals surface area contributed by atoms with Crippen LogP contribution in [0, 0.1) is 0 Å². The van der Waals surface area contributed by atoms with Crippen LogP contribution in [0.4, 0.5) is 16.2 Å². The fourth-order valence-corrected chi connectivity index (χ4v) is 2.60. The summed E-state index contributed by atoms with van der Waals surface area (Å²) in [6, 6.07) is 5.38. The monoisotopic (exact) mass is 318 g/mol. The van der Waals surface area contributed by atoms with E-state index >= 15 is 0 Å². The van der Waals surface area contributed by atoms with Crippen LogP contribution in [0.15, 0.2) is 18.2 Å². The molecule has 1 aliphatic rings. The molecule has 2 N–H and O–H groups in total. The maximum absolute atomic E-state index is 12.5. The Kier molecular flexibility index (Phi) is 5.47. The lowest BCUT2D eigenvalue weighted by atomic mass is 10.1. The van der Waals surface area contributed by atoms with Crippen LogP contribution in [-0.4, -0.2) is 50.1 Å². The third-order valence-corrected chi connectivity index (χ3v) is 3.77. The van der Waals surface area contributed by atoms with Crippen LogP contribution in [0.3, 0.4) is 0 Å². The van der Waals surface area contributed by atoms with Crippen molar-refractivity contribution in [1.29, 1.82) is 0 Å². The van der Waals surface area contributed by atoms with Gasteiger partial charge in [0, 0.05) is 44.6 Å². The fourth-order valence-electron chi connectivity index (χ4n) is 2.60. The molecule has 126 valence electrons. The van der Waals surface area contributed by atoms with Gasteiger partial charge in [-0.25, -0.2) is 4.79 Å². The predicted molar refractivity (Wildman–Crippen MR) is 93.2 cm³/mol. The molecule has 6 heteroatoms. The van der Waals surface area contributed by atoms with Gasteiger partial charge in [0.15, 0.2) is 0 Å². The summed E-state index contributed by atoms with van der Waals surface area (Å²) in [5, 5.41) is 5.73. The zero-order valence-electron chi connectivity index (χ0n) is 14.3. The largest absolute Gasteiger partial charge is 0.371 e. The van der Waals surface area contributed by atoms with Gasteiger partial charge in [0.05, 0.1) is 5.56 Å². The summed E-state index contributed by atoms with van der Waals surface area (Å²) in [5.74, 6) is -0.108. The second-order valence-corrected chi connectivity index (χ2v) is 6.38. The number of urea groups is 1. The van der Waals surface area contributed by atoms with Crippen molar-refractivity contribution in [2.75, 3.05) is 37.4 Å². The number of anilines is 2. The summed E-state index contributed by atoms with van der Waals surface area (Å²) in [6.07, 6.45) is 2.29. The summed E-state index contributed by atoms with van der Waals surface area (Å²) in [4.78, 5) is 28.0. The summed E-state index contributed by atoms with van der Waals surface area (Å²) >= 11 is 0. The smallest absolute Gasteiger partial charge is 0.321 e. The number of carbonyl (C=O) groups excluding carboxylic acids is 2. The number of nitrogens with zero attached hydrogens (tertiary/aromatic N) is 2. The van der Waals surface area contributed by atoms with Crippen molar-refractivity contribution >= 4 is 23.3 Å². The molecule has 1 aromatic carbocycles. The van der Waals surface area contributed by atoms with E-state index in [2.05, 4.69) is 15.5 Å². The van der Waals surface area contributed by atoms with E-state index < -0.39 is 0 Å². The van der Waals surface area contributed by atoms with Gasteiger partial charge in [-0.1, -0.05) is 0 Å². The topological polar surface area (TPSA) is 64.7 Å². The van der Waals surface area contributed by atoms with E-state index in [0.29, 0.717) is 11.3 Å². The Morgan fingerprint density at radius 1 is 1.17 bits per heavy atom. The molecule has 0 aromatic heterocycles. The third-order valence-electron chi connectivity index (χ3n) is 3.77. The number of rotatable bonds is 4. The molecule has 0 radical (unpaired) electrons. The molecule has 1 heterocycles. The molecule has 1 aliphatic heterocycles. The SMILES string of the molecule is CC(C)NC(=O)c1cc(NC(=O)N(C)C)ccc1N1CCCC1. The van der Waals surface area contributed by atoms with E-state index in [4.69, 9.17) is 0 Å². The van der Waals surface area contributed by atoms with Crippen molar-refractivity contribution in [3.05, 3.63) is 23.8 Å². The molecule has 0 unspecified atom stereocenters. The fraction of sp³-hybridized carbons (Fsp3) is 0.529. The predicted octanol–water partition coefficient (Wildman–Crippen LogP) is 2.52. The highest BCUT2D eigenvalue weighted by Gasteiger charge is 2.21. The van der Waals surface area contributed by atoms with Crippen LogP contribution in [0.25, 0.3) is 0 Å². The molecule has 1 fully saturated rings. The van der Waals surface area contributed by atoms with Gasteiger partial charge in [-0.15, -0.1) is 0 Å². The summed E-state index contributed by atoms with van der Waals surface area (Å²) < 4.78 is 0. The molecule has 0 aliphatic carbocycles. The van der Waals surface area contributed by atoms with Gasteiger partial charge in [-0.3, -0.25) is 4.79 Å². The van der Waals surface area contributed by atoms with Crippen molar-refractivity contribution in [3.63, 3.8) is 0 Å². The Labute approximate surface area is 137 Å². The van der Waals surface area contributed by atoms with Crippen molar-refractivity contribution in [1.82, 2.24) is 10.2 Å². The summed E-state index contributed by atoms with van der Waals surface area (Å²) in [5.41, 5.74) is 2.17. The molecule has 6 nitrogen and oxygen atoms in total. The summed E-state index contributed by atoms with van der Waals surface area (Å²) in [6.45, 7) is 5.80. The summed E-state index contributed by atoms with van der Waals surface area (Å²) in [7, 11) is 3.36. The highest BCUT2D eigenvalue weighted by molar-refractivity contribution is 6.02. The van der Waals surface area contributed by atoms with Gasteiger partial charge in [0.25, 0.3) is 5.91 Å². The number of hydrogen-bond donors (Lipinski definition) is 2. The molecule has 1 saturated heterocycles. The van der Waals surface area contributed by atoms with Crippen molar-refractivity contribution in [3.8, 4) is 0 Å². The number of amides is 3. The van der Waals surface area contributed by atoms with Gasteiger partial charge in [0.2, 0.25) is 0 Å². The van der Waals surface area contributed by atoms with Gasteiger partial charge in [-0.05, 0) is 44.9 Å². The quantitative estimate of drug-likeness (QED) is 0.896. The Morgan fingerprint density at radius 2 is 1.83 bits per heavy atom. The van der Waals surface area contributed by atoms with Crippen molar-refractivity contribution in [2.45, 2.75) is 32.7 Å². The molecule has 3 amide bonds. The van der Waals surface area contributed by atoms with E-state index in [1.165, 1.54) is 4.90 Å². The molecule has 23 heavy (non-hydrogen) atoms. The van der Waals surface area contributed by atoms with Crippen LogP contribution in [0.5, 0.6) is 0 Å². The van der Waals surface area contributed by atoms with E-state index in [0.717, 1.165) is 31.6 Å². The number of hydrogen-bond acceptors (Lipinski definition) is 3. The van der Waals surface area contributed by atoms with Crippen LogP contribution in [0.1, 0.15) is 37.0 Å². The first kappa shape index (κ1) is 17.1. The Balaban J connectivity index is 2.31. The average Bonchev–Trinajstić information content (AvgIpc) is 3.00. The third kappa shape index (κ3) is 4.37. The second-order valence-electron chi connectivity index (χ2n) is 6.38. The first-order chi connectivity index (χ1) is 10.9. The number of nitrogens with one attached hydrogen (secondary N) is 2. The van der Waals surface area contributed by atoms with Crippen LogP contribution in [-0.2, 0) is 0 Å². The lowest BCUT2D eigenvalue weighted by Gasteiger charge is -2.22. The minimum Gasteiger partial charge on any atom is -0.371 e. The maximum atomic E-state index is 12.5. The Morgan fingerprint density at radius 3 is 2.39 bits per heavy atom. The first-order valence-corrected chi connectivity index (χ1v) is 8.06. The lowest BCUT2D eigenvalue weighted by Crippen LogP contribution is -2.32. The second kappa shape index (κ2) is 7.35. The molecular weight excluding hydrogens is 292 g/mol. The Hall–Kier alpha value is -2.24. The first-order valence-electron chi connectivity index (χ1n) is 8.06. The van der Waals surface area contributed by atoms with Crippen LogP contribution >= 0.6 is 0 Å². The lowest BCUT2D eigenvalue weighted by molar-refractivity contribution is 0.0943. The van der Waals surface area contributed by atoms with Crippen molar-refractivity contribution < 1.29 is 9.59 Å². The van der Waals surface area contributed by atoms with Gasteiger partial charge >= 0.3 is 6.03 Å². The van der Waals surface area contributed by atoms with E-state index in [1.54, 1.807) is 20.2 Å². The normalized spacial score (nSPS) is 14.0. The van der Waals surface area contributed by atoms with E-state index in [1.807, 2.05) is 26.0 Å². The zero-order valence-corrected chi connectivity index (χ0v) is 14.3. The molecule has 2 rings (SSSR count). The zero-order chi connectivity index (χ0) is 17.0. The molecule has 1 aromatic rings. The molecule has 0 spiro atoms. The minimum absolute atomic E-state index is 0.0638. The standard InChI is InChI=1S/C17H26N4O2/c1-12(2)18-16(22)14-11-13(19-17(23)20(3)4)7-8-15(14)21-9-5-6-10-21/h7-8,11-12H,5-6,9-10H2,1-4H3,(H,18,22)(H,19,23). The highest BCUT2D eigenvalue weighted by atomic mass is 16.2. The molecular formula is C17H26N4O2. The highest BCUT2D eigenvalue weighted by Crippen LogP contribution is 2.27. The molecule has 0 saturated carbocycles. The van der Waals surface area contributed by atoms with E-state index in [-0.39, 0.29) is 18.0 Å².